The van der Waals surface area contributed by atoms with Crippen molar-refractivity contribution in [2.45, 2.75) is 105 Å². The Morgan fingerprint density at radius 2 is 0.822 bits per heavy atom. The summed E-state index contributed by atoms with van der Waals surface area (Å²) in [5.74, 6) is -1.72. The number of rotatable bonds is 10. The molecule has 1 rings (SSSR count). The zero-order valence-corrected chi connectivity index (χ0v) is 30.8. The fourth-order valence-corrected chi connectivity index (χ4v) is 7.25. The predicted octanol–water partition coefficient (Wildman–Crippen LogP) is 3.76. The van der Waals surface area contributed by atoms with Crippen LogP contribution in [0.4, 0.5) is 0 Å². The fourth-order valence-electron chi connectivity index (χ4n) is 4.65. The largest absolute Gasteiger partial charge is 0.480 e. The van der Waals surface area contributed by atoms with Gasteiger partial charge >= 0.3 is 25.5 Å². The van der Waals surface area contributed by atoms with E-state index in [1.54, 1.807) is 4.90 Å². The van der Waals surface area contributed by atoms with Crippen molar-refractivity contribution in [1.82, 2.24) is 19.6 Å². The molecule has 1 aliphatic rings. The second-order valence-electron chi connectivity index (χ2n) is 15.7. The van der Waals surface area contributed by atoms with Gasteiger partial charge in [0.25, 0.3) is 0 Å². The lowest BCUT2D eigenvalue weighted by Crippen LogP contribution is -2.49. The second-order valence-corrected chi connectivity index (χ2v) is 17.5. The first-order chi connectivity index (χ1) is 20.2. The summed E-state index contributed by atoms with van der Waals surface area (Å²) in [4.78, 5) is 44.9. The average Bonchev–Trinajstić information content (AvgIpc) is 2.75. The lowest BCUT2D eigenvalue weighted by molar-refractivity contribution is -0.157. The van der Waals surface area contributed by atoms with Gasteiger partial charge in [-0.3, -0.25) is 38.5 Å². The van der Waals surface area contributed by atoms with Gasteiger partial charge in [-0.05, 0) is 83.1 Å². The Morgan fingerprint density at radius 1 is 0.533 bits per heavy atom. The molecule has 1 saturated heterocycles. The highest BCUT2D eigenvalue weighted by molar-refractivity contribution is 7.53. The maximum atomic E-state index is 14.2. The first-order valence-corrected chi connectivity index (χ1v) is 17.5. The molecule has 0 aromatic rings. The first-order valence-electron chi connectivity index (χ1n) is 15.8. The van der Waals surface area contributed by atoms with Gasteiger partial charge in [-0.25, -0.2) is 0 Å². The Hall–Kier alpha value is -1.60. The molecular weight excluding hydrogens is 603 g/mol. The summed E-state index contributed by atoms with van der Waals surface area (Å²) in [6.45, 7) is 24.9. The van der Waals surface area contributed by atoms with E-state index >= 15 is 0 Å². The Kier molecular flexibility index (Phi) is 15.6. The zero-order chi connectivity index (χ0) is 34.9. The molecule has 1 heterocycles. The van der Waals surface area contributed by atoms with E-state index in [0.717, 1.165) is 0 Å². The predicted molar refractivity (Wildman–Crippen MR) is 174 cm³/mol. The molecule has 1 N–H and O–H groups in total. The standard InChI is InChI=1S/C31H61N4O9P/c1-28(2,3)41-26(38)22-33-15-13-32(21-25(36)37)14-16-34(23-27(39)42-29(4,5)6)18-20-35(19-17-33)24-45(40,43-30(7,8)9)44-31(10,11)12/h13-24H2,1-12H3,(H,36,37). The molecule has 0 aromatic carbocycles. The molecule has 264 valence electrons. The van der Waals surface area contributed by atoms with Crippen LogP contribution in [-0.2, 0) is 37.5 Å². The fraction of sp³-hybridized carbons (Fsp3) is 0.903. The minimum atomic E-state index is -3.65. The topological polar surface area (TPSA) is 138 Å². The van der Waals surface area contributed by atoms with Gasteiger partial charge in [0, 0.05) is 52.4 Å². The van der Waals surface area contributed by atoms with Crippen molar-refractivity contribution in [2.24, 2.45) is 0 Å². The number of carboxylic acids is 1. The number of esters is 2. The molecule has 0 spiro atoms. The van der Waals surface area contributed by atoms with Crippen LogP contribution in [0.3, 0.4) is 0 Å². The van der Waals surface area contributed by atoms with Gasteiger partial charge in [0.1, 0.15) is 17.5 Å². The van der Waals surface area contributed by atoms with Crippen LogP contribution in [-0.4, -0.2) is 143 Å². The van der Waals surface area contributed by atoms with E-state index in [1.807, 2.05) is 97.8 Å². The van der Waals surface area contributed by atoms with Gasteiger partial charge < -0.3 is 23.6 Å². The molecule has 0 aromatic heterocycles. The van der Waals surface area contributed by atoms with Gasteiger partial charge in [-0.15, -0.1) is 0 Å². The molecule has 0 saturated carbocycles. The summed E-state index contributed by atoms with van der Waals surface area (Å²) in [5, 5.41) is 9.56. The van der Waals surface area contributed by atoms with Gasteiger partial charge in [0.05, 0.1) is 30.8 Å². The highest BCUT2D eigenvalue weighted by Gasteiger charge is 2.37. The maximum Gasteiger partial charge on any atom is 0.345 e. The van der Waals surface area contributed by atoms with Gasteiger partial charge in [-0.2, -0.15) is 0 Å². The van der Waals surface area contributed by atoms with E-state index in [0.29, 0.717) is 52.4 Å². The Balaban J connectivity index is 3.38. The summed E-state index contributed by atoms with van der Waals surface area (Å²) >= 11 is 0. The summed E-state index contributed by atoms with van der Waals surface area (Å²) in [6, 6.07) is 0. The van der Waals surface area contributed by atoms with Crippen molar-refractivity contribution >= 4 is 25.5 Å². The van der Waals surface area contributed by atoms with Crippen molar-refractivity contribution in [3.8, 4) is 0 Å². The number of nitrogens with zero attached hydrogens (tertiary/aromatic N) is 4. The van der Waals surface area contributed by atoms with Gasteiger partial charge in [-0.1, -0.05) is 0 Å². The van der Waals surface area contributed by atoms with E-state index in [9.17, 15) is 24.1 Å². The number of hydrogen-bond donors (Lipinski definition) is 1. The first kappa shape index (κ1) is 41.4. The smallest absolute Gasteiger partial charge is 0.345 e. The SMILES string of the molecule is CC(C)(C)OC(=O)CN1CCN(CC(=O)O)CCN(CC(=O)OC(C)(C)C)CCN(CP(=O)(OC(C)(C)C)OC(C)(C)C)CC1. The van der Waals surface area contributed by atoms with Crippen molar-refractivity contribution in [1.29, 1.82) is 0 Å². The molecule has 1 fully saturated rings. The van der Waals surface area contributed by atoms with Crippen molar-refractivity contribution in [3.63, 3.8) is 0 Å². The summed E-state index contributed by atoms with van der Waals surface area (Å²) in [6.07, 6.45) is 0.00718. The van der Waals surface area contributed by atoms with Crippen LogP contribution in [0.5, 0.6) is 0 Å². The number of carbonyl (C=O) groups excluding carboxylic acids is 2. The molecule has 45 heavy (non-hydrogen) atoms. The van der Waals surface area contributed by atoms with E-state index in [-0.39, 0.29) is 37.9 Å². The normalized spacial score (nSPS) is 18.6. The Bertz CT molecular complexity index is 946. The third-order valence-electron chi connectivity index (χ3n) is 6.03. The lowest BCUT2D eigenvalue weighted by Gasteiger charge is -2.37. The number of carbonyl (C=O) groups is 3. The molecule has 0 amide bonds. The van der Waals surface area contributed by atoms with Crippen LogP contribution >= 0.6 is 7.60 Å². The van der Waals surface area contributed by atoms with Crippen LogP contribution in [0, 0.1) is 0 Å². The zero-order valence-electron chi connectivity index (χ0n) is 29.9. The molecule has 14 heteroatoms. The third kappa shape index (κ3) is 21.0. The monoisotopic (exact) mass is 664 g/mol. The minimum Gasteiger partial charge on any atom is -0.480 e. The molecule has 0 radical (unpaired) electrons. The van der Waals surface area contributed by atoms with Gasteiger partial charge in [0.15, 0.2) is 0 Å². The van der Waals surface area contributed by atoms with Crippen LogP contribution in [0.15, 0.2) is 0 Å². The van der Waals surface area contributed by atoms with Crippen LogP contribution < -0.4 is 0 Å². The van der Waals surface area contributed by atoms with E-state index in [1.165, 1.54) is 0 Å². The van der Waals surface area contributed by atoms with Crippen molar-refractivity contribution in [3.05, 3.63) is 0 Å². The number of ether oxygens (including phenoxy) is 2. The Morgan fingerprint density at radius 3 is 1.09 bits per heavy atom. The molecule has 13 nitrogen and oxygen atoms in total. The quantitative estimate of drug-likeness (QED) is 0.268. The molecule has 1 aliphatic heterocycles. The maximum absolute atomic E-state index is 14.2. The highest BCUT2D eigenvalue weighted by atomic mass is 31.2. The van der Waals surface area contributed by atoms with Crippen molar-refractivity contribution < 1.29 is 42.6 Å². The van der Waals surface area contributed by atoms with Crippen molar-refractivity contribution in [2.75, 3.05) is 78.3 Å². The summed E-state index contributed by atoms with van der Waals surface area (Å²) in [7, 11) is -3.65. The molecule has 0 bridgehead atoms. The van der Waals surface area contributed by atoms with Crippen LogP contribution in [0.1, 0.15) is 83.1 Å². The second kappa shape index (κ2) is 17.0. The van der Waals surface area contributed by atoms with E-state index in [4.69, 9.17) is 18.5 Å². The average molecular weight is 665 g/mol. The van der Waals surface area contributed by atoms with E-state index in [2.05, 4.69) is 0 Å². The summed E-state index contributed by atoms with van der Waals surface area (Å²) < 4.78 is 37.5. The summed E-state index contributed by atoms with van der Waals surface area (Å²) in [5.41, 5.74) is -2.76. The molecule has 0 atom stereocenters. The minimum absolute atomic E-state index is 0.00718. The third-order valence-corrected chi connectivity index (χ3v) is 8.43. The number of carboxylic acid groups (broad SMARTS) is 1. The molecule has 0 unspecified atom stereocenters. The highest BCUT2D eigenvalue weighted by Crippen LogP contribution is 2.54. The van der Waals surface area contributed by atoms with Crippen LogP contribution in [0.25, 0.3) is 0 Å². The van der Waals surface area contributed by atoms with Crippen LogP contribution in [0.2, 0.25) is 0 Å². The van der Waals surface area contributed by atoms with E-state index < -0.39 is 36.0 Å². The number of aliphatic carboxylic acids is 1. The molecular formula is C31H61N4O9P. The lowest BCUT2D eigenvalue weighted by atomic mass is 10.2. The molecule has 0 aliphatic carbocycles. The number of hydrogen-bond acceptors (Lipinski definition) is 12. The van der Waals surface area contributed by atoms with Gasteiger partial charge in [0.2, 0.25) is 0 Å². The Labute approximate surface area is 271 Å².